The Morgan fingerprint density at radius 3 is 2.46 bits per heavy atom. The number of carbonyl (C=O) groups is 1. The summed E-state index contributed by atoms with van der Waals surface area (Å²) in [7, 11) is -2.18. The molecule has 6 nitrogen and oxygen atoms in total. The van der Waals surface area contributed by atoms with Crippen LogP contribution in [0.1, 0.15) is 35.2 Å². The average Bonchev–Trinajstić information content (AvgIpc) is 2.70. The second-order valence-electron chi connectivity index (χ2n) is 6.74. The van der Waals surface area contributed by atoms with Crippen molar-refractivity contribution in [3.05, 3.63) is 52.0 Å². The number of hydrogen-bond donors (Lipinski definition) is 1. The van der Waals surface area contributed by atoms with Crippen LogP contribution in [-0.4, -0.2) is 38.8 Å². The lowest BCUT2D eigenvalue weighted by Gasteiger charge is -2.26. The summed E-state index contributed by atoms with van der Waals surface area (Å²) < 4.78 is 33.6. The van der Waals surface area contributed by atoms with E-state index in [2.05, 4.69) is 21.2 Å². The summed E-state index contributed by atoms with van der Waals surface area (Å²) in [5, 5.41) is 2.81. The van der Waals surface area contributed by atoms with Crippen LogP contribution in [0.3, 0.4) is 0 Å². The maximum atomic E-state index is 13.0. The van der Waals surface area contributed by atoms with Gasteiger partial charge >= 0.3 is 0 Å². The number of halogens is 1. The summed E-state index contributed by atoms with van der Waals surface area (Å²) in [5.41, 5.74) is 1.78. The zero-order valence-electron chi connectivity index (χ0n) is 15.9. The Bertz CT molecular complexity index is 986. The number of rotatable bonds is 5. The molecule has 0 saturated carbocycles. The minimum Gasteiger partial charge on any atom is -0.496 e. The lowest BCUT2D eigenvalue weighted by Crippen LogP contribution is -2.35. The zero-order chi connectivity index (χ0) is 20.3. The van der Waals surface area contributed by atoms with Gasteiger partial charge in [0.15, 0.2) is 0 Å². The van der Waals surface area contributed by atoms with Crippen LogP contribution in [0, 0.1) is 6.92 Å². The van der Waals surface area contributed by atoms with Crippen LogP contribution in [0.15, 0.2) is 45.8 Å². The number of benzene rings is 2. The zero-order valence-corrected chi connectivity index (χ0v) is 18.3. The van der Waals surface area contributed by atoms with Gasteiger partial charge in [0.25, 0.3) is 5.91 Å². The van der Waals surface area contributed by atoms with E-state index in [9.17, 15) is 13.2 Å². The lowest BCUT2D eigenvalue weighted by molar-refractivity contribution is 0.102. The predicted molar refractivity (Wildman–Crippen MR) is 112 cm³/mol. The molecule has 1 heterocycles. The van der Waals surface area contributed by atoms with Crippen LogP contribution >= 0.6 is 15.9 Å². The molecule has 3 rings (SSSR count). The number of aryl methyl sites for hydroxylation is 1. The third kappa shape index (κ3) is 4.39. The summed E-state index contributed by atoms with van der Waals surface area (Å²) in [6.07, 6.45) is 2.74. The molecule has 0 bridgehead atoms. The van der Waals surface area contributed by atoms with Crippen molar-refractivity contribution in [1.82, 2.24) is 4.31 Å². The second kappa shape index (κ2) is 8.63. The molecule has 1 aliphatic rings. The Morgan fingerprint density at radius 2 is 1.82 bits per heavy atom. The molecule has 0 unspecified atom stereocenters. The maximum absolute atomic E-state index is 13.0. The number of methoxy groups -OCH3 is 1. The molecule has 1 amide bonds. The van der Waals surface area contributed by atoms with Gasteiger partial charge < -0.3 is 10.1 Å². The van der Waals surface area contributed by atoms with E-state index in [1.807, 2.05) is 19.1 Å². The molecular formula is C20H23BrN2O4S. The highest BCUT2D eigenvalue weighted by Crippen LogP contribution is 2.27. The first-order valence-electron chi connectivity index (χ1n) is 9.08. The van der Waals surface area contributed by atoms with Crippen LogP contribution in [0.2, 0.25) is 0 Å². The highest BCUT2D eigenvalue weighted by atomic mass is 79.9. The first kappa shape index (κ1) is 20.8. The first-order valence-corrected chi connectivity index (χ1v) is 11.3. The molecule has 0 spiro atoms. The van der Waals surface area contributed by atoms with E-state index in [1.54, 1.807) is 6.07 Å². The molecule has 1 saturated heterocycles. The molecular weight excluding hydrogens is 444 g/mol. The van der Waals surface area contributed by atoms with Gasteiger partial charge in [0.1, 0.15) is 5.75 Å². The normalized spacial score (nSPS) is 15.2. The summed E-state index contributed by atoms with van der Waals surface area (Å²) in [6.45, 7) is 2.94. The molecule has 1 aliphatic heterocycles. The van der Waals surface area contributed by atoms with Crippen molar-refractivity contribution < 1.29 is 17.9 Å². The number of amides is 1. The molecule has 1 fully saturated rings. The molecule has 0 radical (unpaired) electrons. The molecule has 0 aromatic heterocycles. The van der Waals surface area contributed by atoms with E-state index >= 15 is 0 Å². The van der Waals surface area contributed by atoms with Crippen LogP contribution in [-0.2, 0) is 10.0 Å². The van der Waals surface area contributed by atoms with Gasteiger partial charge in [0.05, 0.1) is 17.6 Å². The van der Waals surface area contributed by atoms with Crippen molar-refractivity contribution >= 4 is 37.5 Å². The number of carbonyl (C=O) groups excluding carboxylic acids is 1. The van der Waals surface area contributed by atoms with Crippen LogP contribution < -0.4 is 10.1 Å². The van der Waals surface area contributed by atoms with Gasteiger partial charge in [0.2, 0.25) is 10.0 Å². The Balaban J connectivity index is 1.92. The number of hydrogen-bond acceptors (Lipinski definition) is 4. The Hall–Kier alpha value is -1.90. The Labute approximate surface area is 174 Å². The summed E-state index contributed by atoms with van der Waals surface area (Å²) in [5.74, 6) is -0.0989. The Kier molecular flexibility index (Phi) is 6.42. The number of anilines is 1. The number of piperidine rings is 1. The van der Waals surface area contributed by atoms with Gasteiger partial charge in [-0.25, -0.2) is 8.42 Å². The van der Waals surface area contributed by atoms with E-state index in [0.717, 1.165) is 29.3 Å². The van der Waals surface area contributed by atoms with Crippen molar-refractivity contribution in [2.75, 3.05) is 25.5 Å². The van der Waals surface area contributed by atoms with E-state index in [-0.39, 0.29) is 10.5 Å². The number of sulfonamides is 1. The summed E-state index contributed by atoms with van der Waals surface area (Å²) in [4.78, 5) is 12.9. The smallest absolute Gasteiger partial charge is 0.259 e. The fraction of sp³-hybridized carbons (Fsp3) is 0.350. The van der Waals surface area contributed by atoms with E-state index in [0.29, 0.717) is 24.5 Å². The monoisotopic (exact) mass is 466 g/mol. The van der Waals surface area contributed by atoms with Crippen LogP contribution in [0.4, 0.5) is 5.69 Å². The lowest BCUT2D eigenvalue weighted by atomic mass is 10.1. The van der Waals surface area contributed by atoms with Crippen molar-refractivity contribution in [1.29, 1.82) is 0 Å². The van der Waals surface area contributed by atoms with Crippen LogP contribution in [0.25, 0.3) is 0 Å². The van der Waals surface area contributed by atoms with Gasteiger partial charge in [0, 0.05) is 23.2 Å². The average molecular weight is 467 g/mol. The van der Waals surface area contributed by atoms with Gasteiger partial charge in [-0.05, 0) is 61.7 Å². The highest BCUT2D eigenvalue weighted by molar-refractivity contribution is 9.10. The van der Waals surface area contributed by atoms with Gasteiger partial charge in [-0.1, -0.05) is 22.4 Å². The fourth-order valence-electron chi connectivity index (χ4n) is 3.20. The van der Waals surface area contributed by atoms with E-state index in [4.69, 9.17) is 4.74 Å². The minimum absolute atomic E-state index is 0.104. The van der Waals surface area contributed by atoms with Crippen molar-refractivity contribution in [2.24, 2.45) is 0 Å². The highest BCUT2D eigenvalue weighted by Gasteiger charge is 2.27. The predicted octanol–water partition coefficient (Wildman–Crippen LogP) is 4.19. The summed E-state index contributed by atoms with van der Waals surface area (Å²) in [6, 6.07) is 9.86. The standard InChI is InChI=1S/C20H23BrN2O4S/c1-14-12-15(6-8-18(14)21)22-20(24)17-13-16(7-9-19(17)27-2)28(25,26)23-10-4-3-5-11-23/h6-9,12-13H,3-5,10-11H2,1-2H3,(H,22,24). The van der Waals surface area contributed by atoms with Crippen LogP contribution in [0.5, 0.6) is 5.75 Å². The Morgan fingerprint density at radius 1 is 1.11 bits per heavy atom. The molecule has 0 atom stereocenters. The second-order valence-corrected chi connectivity index (χ2v) is 9.54. The SMILES string of the molecule is COc1ccc(S(=O)(=O)N2CCCCC2)cc1C(=O)Nc1ccc(Br)c(C)c1. The fourth-order valence-corrected chi connectivity index (χ4v) is 4.99. The molecule has 1 N–H and O–H groups in total. The van der Waals surface area contributed by atoms with Gasteiger partial charge in [-0.2, -0.15) is 4.31 Å². The molecule has 8 heteroatoms. The summed E-state index contributed by atoms with van der Waals surface area (Å²) >= 11 is 3.43. The minimum atomic E-state index is -3.64. The van der Waals surface area contributed by atoms with E-state index < -0.39 is 15.9 Å². The third-order valence-electron chi connectivity index (χ3n) is 4.78. The molecule has 0 aliphatic carbocycles. The van der Waals surface area contributed by atoms with Crippen molar-refractivity contribution in [3.8, 4) is 5.75 Å². The largest absolute Gasteiger partial charge is 0.496 e. The first-order chi connectivity index (χ1) is 13.3. The van der Waals surface area contributed by atoms with Gasteiger partial charge in [-0.3, -0.25) is 4.79 Å². The number of ether oxygens (including phenoxy) is 1. The third-order valence-corrected chi connectivity index (χ3v) is 7.57. The number of nitrogens with zero attached hydrogens (tertiary/aromatic N) is 1. The topological polar surface area (TPSA) is 75.7 Å². The molecule has 28 heavy (non-hydrogen) atoms. The number of nitrogens with one attached hydrogen (secondary N) is 1. The molecule has 2 aromatic rings. The maximum Gasteiger partial charge on any atom is 0.259 e. The quantitative estimate of drug-likeness (QED) is 0.716. The van der Waals surface area contributed by atoms with Gasteiger partial charge in [-0.15, -0.1) is 0 Å². The van der Waals surface area contributed by atoms with Crippen molar-refractivity contribution in [2.45, 2.75) is 31.1 Å². The molecule has 150 valence electrons. The molecule has 2 aromatic carbocycles. The van der Waals surface area contributed by atoms with Crippen molar-refractivity contribution in [3.63, 3.8) is 0 Å². The van der Waals surface area contributed by atoms with E-state index in [1.165, 1.54) is 29.6 Å².